The number of fused-ring (bicyclic) bond motifs is 4. The molecule has 8 heteroatoms. The van der Waals surface area contributed by atoms with Crippen LogP contribution in [0.15, 0.2) is 19.7 Å². The molecule has 0 saturated heterocycles. The van der Waals surface area contributed by atoms with Crippen LogP contribution in [0, 0.1) is 13.8 Å². The first-order valence-corrected chi connectivity index (χ1v) is 12.2. The fourth-order valence-electron chi connectivity index (χ4n) is 4.52. The van der Waals surface area contributed by atoms with Crippen LogP contribution in [0.3, 0.4) is 0 Å². The van der Waals surface area contributed by atoms with Crippen LogP contribution in [0.25, 0.3) is 21.9 Å². The summed E-state index contributed by atoms with van der Waals surface area (Å²) in [6, 6.07) is 1.02. The zero-order chi connectivity index (χ0) is 23.0. The van der Waals surface area contributed by atoms with Crippen LogP contribution in [0.4, 0.5) is 0 Å². The maximum absolute atomic E-state index is 12.8. The second-order valence-electron chi connectivity index (χ2n) is 8.38. The number of aliphatic carboxylic acids is 1. The Morgan fingerprint density at radius 2 is 1.84 bits per heavy atom. The molecular weight excluding hydrogens is 430 g/mol. The van der Waals surface area contributed by atoms with Crippen LogP contribution in [0.5, 0.6) is 0 Å². The molecule has 0 aliphatic heterocycles. The molecule has 0 radical (unpaired) electrons. The van der Waals surface area contributed by atoms with Crippen LogP contribution >= 0.6 is 11.8 Å². The van der Waals surface area contributed by atoms with Crippen LogP contribution in [-0.4, -0.2) is 35.0 Å². The average Bonchev–Trinajstić information content (AvgIpc) is 3.14. The summed E-state index contributed by atoms with van der Waals surface area (Å²) in [7, 11) is 0. The van der Waals surface area contributed by atoms with Crippen molar-refractivity contribution in [2.45, 2.75) is 58.4 Å². The highest BCUT2D eigenvalue weighted by Gasteiger charge is 2.25. The number of nitrogens with one attached hydrogen (secondary N) is 1. The van der Waals surface area contributed by atoms with Crippen molar-refractivity contribution in [2.24, 2.45) is 0 Å². The van der Waals surface area contributed by atoms with Gasteiger partial charge >= 0.3 is 11.6 Å². The van der Waals surface area contributed by atoms with E-state index < -0.39 is 23.5 Å². The first-order chi connectivity index (χ1) is 15.3. The average molecular weight is 458 g/mol. The summed E-state index contributed by atoms with van der Waals surface area (Å²) >= 11 is 1.51. The zero-order valence-corrected chi connectivity index (χ0v) is 19.3. The van der Waals surface area contributed by atoms with Crippen molar-refractivity contribution in [2.75, 3.05) is 12.0 Å². The molecule has 3 aromatic rings. The fraction of sp³-hybridized carbons (Fsp3) is 0.458. The van der Waals surface area contributed by atoms with Crippen LogP contribution in [-0.2, 0) is 28.9 Å². The topological polar surface area (TPSA) is 110 Å². The first-order valence-electron chi connectivity index (χ1n) is 10.8. The predicted octanol–water partition coefficient (Wildman–Crippen LogP) is 3.90. The molecule has 2 heterocycles. The van der Waals surface area contributed by atoms with Gasteiger partial charge in [0, 0.05) is 28.3 Å². The third-order valence-corrected chi connectivity index (χ3v) is 6.95. The monoisotopic (exact) mass is 457 g/mol. The van der Waals surface area contributed by atoms with Gasteiger partial charge in [0.1, 0.15) is 23.0 Å². The summed E-state index contributed by atoms with van der Waals surface area (Å²) in [4.78, 5) is 36.8. The van der Waals surface area contributed by atoms with Gasteiger partial charge in [0.2, 0.25) is 5.91 Å². The molecule has 2 N–H and O–H groups in total. The molecule has 1 atom stereocenters. The molecule has 170 valence electrons. The molecule has 4 rings (SSSR count). The molecule has 1 aliphatic carbocycles. The summed E-state index contributed by atoms with van der Waals surface area (Å²) < 4.78 is 11.8. The minimum Gasteiger partial charge on any atom is -0.480 e. The lowest BCUT2D eigenvalue weighted by molar-refractivity contribution is -0.141. The second-order valence-corrected chi connectivity index (χ2v) is 9.36. The Morgan fingerprint density at radius 3 is 2.56 bits per heavy atom. The Labute approximate surface area is 189 Å². The minimum absolute atomic E-state index is 0.228. The lowest BCUT2D eigenvalue weighted by Gasteiger charge is -2.15. The minimum atomic E-state index is -1.09. The number of benzene rings is 1. The summed E-state index contributed by atoms with van der Waals surface area (Å²) in [6.45, 7) is 3.69. The predicted molar refractivity (Wildman–Crippen MR) is 125 cm³/mol. The summed E-state index contributed by atoms with van der Waals surface area (Å²) in [6.07, 6.45) is 6.06. The SMILES string of the molecule is CSCCC(NC(=O)Cc1c(C)c2cc3c4c(oc3c(C)c2oc1=O)CCCC4)C(=O)O. The standard InChI is InChI=1S/C24H27NO6S/c1-12-15-10-17-14-6-4-5-7-19(14)30-22(17)13(2)21(15)31-24(29)16(12)11-20(26)25-18(23(27)28)8-9-32-3/h10,18H,4-9,11H2,1-3H3,(H,25,26)(H,27,28). The Kier molecular flexibility index (Phi) is 6.33. The molecule has 1 amide bonds. The van der Waals surface area contributed by atoms with Gasteiger partial charge in [-0.05, 0) is 63.2 Å². The first kappa shape index (κ1) is 22.5. The van der Waals surface area contributed by atoms with E-state index in [0.29, 0.717) is 23.3 Å². The molecule has 0 spiro atoms. The van der Waals surface area contributed by atoms with E-state index in [0.717, 1.165) is 53.4 Å². The van der Waals surface area contributed by atoms with Gasteiger partial charge in [0.05, 0.1) is 12.0 Å². The molecule has 0 saturated carbocycles. The number of hydrogen-bond donors (Lipinski definition) is 2. The number of amides is 1. The Hall–Kier alpha value is -2.74. The molecule has 7 nitrogen and oxygen atoms in total. The van der Waals surface area contributed by atoms with Gasteiger partial charge in [0.25, 0.3) is 0 Å². The summed E-state index contributed by atoms with van der Waals surface area (Å²) in [5, 5.41) is 13.7. The number of carboxylic acid groups (broad SMARTS) is 1. The molecule has 1 unspecified atom stereocenters. The normalized spacial score (nSPS) is 14.5. The number of rotatable bonds is 7. The van der Waals surface area contributed by atoms with Crippen molar-refractivity contribution < 1.29 is 23.5 Å². The maximum Gasteiger partial charge on any atom is 0.340 e. The Morgan fingerprint density at radius 1 is 1.12 bits per heavy atom. The third-order valence-electron chi connectivity index (χ3n) is 6.31. The highest BCUT2D eigenvalue weighted by atomic mass is 32.2. The zero-order valence-electron chi connectivity index (χ0n) is 18.5. The van der Waals surface area contributed by atoms with Gasteiger partial charge < -0.3 is 19.3 Å². The highest BCUT2D eigenvalue weighted by molar-refractivity contribution is 7.98. The maximum atomic E-state index is 12.8. The number of aryl methyl sites for hydroxylation is 4. The van der Waals surface area contributed by atoms with E-state index in [9.17, 15) is 19.5 Å². The van der Waals surface area contributed by atoms with Crippen molar-refractivity contribution >= 4 is 45.6 Å². The molecule has 0 bridgehead atoms. The van der Waals surface area contributed by atoms with E-state index >= 15 is 0 Å². The molecule has 0 fully saturated rings. The number of hydrogen-bond acceptors (Lipinski definition) is 6. The van der Waals surface area contributed by atoms with E-state index in [1.165, 1.54) is 17.3 Å². The smallest absolute Gasteiger partial charge is 0.340 e. The molecular formula is C24H27NO6S. The Balaban J connectivity index is 1.72. The van der Waals surface area contributed by atoms with Gasteiger partial charge in [-0.15, -0.1) is 0 Å². The quantitative estimate of drug-likeness (QED) is 0.518. The largest absolute Gasteiger partial charge is 0.480 e. The lowest BCUT2D eigenvalue weighted by atomic mass is 9.93. The number of carbonyl (C=O) groups excluding carboxylic acids is 1. The molecule has 1 aromatic carbocycles. The van der Waals surface area contributed by atoms with Gasteiger partial charge in [-0.3, -0.25) is 4.79 Å². The van der Waals surface area contributed by atoms with Crippen molar-refractivity contribution in [3.8, 4) is 0 Å². The lowest BCUT2D eigenvalue weighted by Crippen LogP contribution is -2.42. The van der Waals surface area contributed by atoms with Crippen molar-refractivity contribution in [1.29, 1.82) is 0 Å². The van der Waals surface area contributed by atoms with Crippen LogP contribution < -0.4 is 10.9 Å². The number of thioether (sulfide) groups is 1. The van der Waals surface area contributed by atoms with Crippen LogP contribution in [0.2, 0.25) is 0 Å². The van der Waals surface area contributed by atoms with Crippen LogP contribution in [0.1, 0.15) is 47.3 Å². The molecule has 2 aromatic heterocycles. The van der Waals surface area contributed by atoms with E-state index in [1.807, 2.05) is 26.2 Å². The Bertz CT molecular complexity index is 1270. The van der Waals surface area contributed by atoms with Gasteiger partial charge in [-0.1, -0.05) is 0 Å². The number of carboxylic acids is 1. The van der Waals surface area contributed by atoms with E-state index in [2.05, 4.69) is 5.32 Å². The third kappa shape index (κ3) is 4.03. The number of furan rings is 1. The van der Waals surface area contributed by atoms with E-state index in [4.69, 9.17) is 8.83 Å². The van der Waals surface area contributed by atoms with Gasteiger partial charge in [-0.25, -0.2) is 9.59 Å². The van der Waals surface area contributed by atoms with Crippen molar-refractivity contribution in [3.05, 3.63) is 44.5 Å². The molecule has 32 heavy (non-hydrogen) atoms. The second kappa shape index (κ2) is 9.02. The van der Waals surface area contributed by atoms with E-state index in [1.54, 1.807) is 0 Å². The van der Waals surface area contributed by atoms with Gasteiger partial charge in [-0.2, -0.15) is 11.8 Å². The van der Waals surface area contributed by atoms with Crippen molar-refractivity contribution in [3.63, 3.8) is 0 Å². The van der Waals surface area contributed by atoms with E-state index in [-0.39, 0.29) is 12.0 Å². The molecule has 1 aliphatic rings. The summed E-state index contributed by atoms with van der Waals surface area (Å²) in [5.74, 6) is 0.0250. The summed E-state index contributed by atoms with van der Waals surface area (Å²) in [5.41, 5.74) is 3.58. The fourth-order valence-corrected chi connectivity index (χ4v) is 4.99. The van der Waals surface area contributed by atoms with Gasteiger partial charge in [0.15, 0.2) is 0 Å². The van der Waals surface area contributed by atoms with Crippen molar-refractivity contribution in [1.82, 2.24) is 5.32 Å². The number of carbonyl (C=O) groups is 2. The highest BCUT2D eigenvalue weighted by Crippen LogP contribution is 2.37.